The van der Waals surface area contributed by atoms with E-state index in [0.29, 0.717) is 0 Å². The average molecular weight is 276 g/mol. The predicted molar refractivity (Wildman–Crippen MR) is 86.9 cm³/mol. The molecule has 104 valence electrons. The van der Waals surface area contributed by atoms with Gasteiger partial charge in [0.2, 0.25) is 0 Å². The Bertz CT molecular complexity index is 504. The van der Waals surface area contributed by atoms with Crippen LogP contribution in [0.2, 0.25) is 0 Å². The molecule has 0 radical (unpaired) electrons. The molecule has 3 heteroatoms. The van der Waals surface area contributed by atoms with E-state index in [4.69, 9.17) is 0 Å². The molecule has 0 fully saturated rings. The monoisotopic (exact) mass is 276 g/mol. The van der Waals surface area contributed by atoms with E-state index in [0.717, 1.165) is 19.6 Å². The standard InChI is InChI=1S/C16H24N2S/c1-3-17-13-14-7-5-8-16-15(14)9-11-18(16)10-6-12-19-4-2/h5,7-9,11,17H,3-4,6,10,12-13H2,1-2H3. The summed E-state index contributed by atoms with van der Waals surface area (Å²) in [5.41, 5.74) is 2.78. The van der Waals surface area contributed by atoms with E-state index in [-0.39, 0.29) is 0 Å². The molecule has 0 bridgehead atoms. The second-order valence-corrected chi connectivity index (χ2v) is 6.08. The summed E-state index contributed by atoms with van der Waals surface area (Å²) in [6.07, 6.45) is 3.48. The Morgan fingerprint density at radius 1 is 1.21 bits per heavy atom. The molecule has 0 aliphatic heterocycles. The molecule has 0 unspecified atom stereocenters. The lowest BCUT2D eigenvalue weighted by atomic mass is 10.1. The van der Waals surface area contributed by atoms with Crippen LogP contribution in [0.4, 0.5) is 0 Å². The molecule has 0 aliphatic carbocycles. The minimum absolute atomic E-state index is 0.962. The van der Waals surface area contributed by atoms with Crippen LogP contribution in [0.25, 0.3) is 10.9 Å². The van der Waals surface area contributed by atoms with Gasteiger partial charge in [0.15, 0.2) is 0 Å². The number of benzene rings is 1. The molecule has 1 aromatic heterocycles. The first-order valence-corrected chi connectivity index (χ1v) is 8.37. The highest BCUT2D eigenvalue weighted by Crippen LogP contribution is 2.21. The van der Waals surface area contributed by atoms with E-state index < -0.39 is 0 Å². The molecule has 0 atom stereocenters. The van der Waals surface area contributed by atoms with Crippen molar-refractivity contribution in [2.75, 3.05) is 18.1 Å². The van der Waals surface area contributed by atoms with Crippen LogP contribution in [-0.4, -0.2) is 22.6 Å². The van der Waals surface area contributed by atoms with E-state index in [9.17, 15) is 0 Å². The Hall–Kier alpha value is -0.930. The SMILES string of the molecule is CCNCc1cccc2c1ccn2CCCSCC. The molecule has 2 nitrogen and oxygen atoms in total. The van der Waals surface area contributed by atoms with Crippen LogP contribution in [0.15, 0.2) is 30.5 Å². The molecule has 19 heavy (non-hydrogen) atoms. The highest BCUT2D eigenvalue weighted by Gasteiger charge is 2.04. The zero-order chi connectivity index (χ0) is 13.5. The topological polar surface area (TPSA) is 17.0 Å². The predicted octanol–water partition coefficient (Wildman–Crippen LogP) is 3.89. The van der Waals surface area contributed by atoms with Gasteiger partial charge in [-0.3, -0.25) is 0 Å². The van der Waals surface area contributed by atoms with Gasteiger partial charge in [0.05, 0.1) is 0 Å². The van der Waals surface area contributed by atoms with Crippen molar-refractivity contribution < 1.29 is 0 Å². The van der Waals surface area contributed by atoms with Crippen molar-refractivity contribution >= 4 is 22.7 Å². The zero-order valence-electron chi connectivity index (χ0n) is 12.0. The molecule has 2 rings (SSSR count). The summed E-state index contributed by atoms with van der Waals surface area (Å²) in [6, 6.07) is 8.89. The minimum Gasteiger partial charge on any atom is -0.347 e. The van der Waals surface area contributed by atoms with Crippen LogP contribution in [0, 0.1) is 0 Å². The number of hydrogen-bond donors (Lipinski definition) is 1. The van der Waals surface area contributed by atoms with Gasteiger partial charge in [0.25, 0.3) is 0 Å². The Labute approximate surface area is 120 Å². The molecule has 1 aromatic carbocycles. The Balaban J connectivity index is 2.09. The third-order valence-corrected chi connectivity index (χ3v) is 4.35. The van der Waals surface area contributed by atoms with E-state index >= 15 is 0 Å². The summed E-state index contributed by atoms with van der Waals surface area (Å²) < 4.78 is 2.39. The first kappa shape index (κ1) is 14.5. The fourth-order valence-corrected chi connectivity index (χ4v) is 3.00. The first-order chi connectivity index (χ1) is 9.36. The van der Waals surface area contributed by atoms with Gasteiger partial charge < -0.3 is 9.88 Å². The van der Waals surface area contributed by atoms with Gasteiger partial charge in [0.1, 0.15) is 0 Å². The lowest BCUT2D eigenvalue weighted by molar-refractivity contribution is 0.708. The van der Waals surface area contributed by atoms with Gasteiger partial charge in [-0.25, -0.2) is 0 Å². The van der Waals surface area contributed by atoms with Crippen LogP contribution in [0.5, 0.6) is 0 Å². The van der Waals surface area contributed by atoms with E-state index in [1.807, 2.05) is 11.8 Å². The van der Waals surface area contributed by atoms with Gasteiger partial charge in [-0.2, -0.15) is 11.8 Å². The molecule has 1 N–H and O–H groups in total. The summed E-state index contributed by atoms with van der Waals surface area (Å²) in [4.78, 5) is 0. The summed E-state index contributed by atoms with van der Waals surface area (Å²) >= 11 is 2.03. The Kier molecular flexibility index (Phi) is 5.80. The third kappa shape index (κ3) is 3.77. The van der Waals surface area contributed by atoms with Crippen molar-refractivity contribution in [2.24, 2.45) is 0 Å². The van der Waals surface area contributed by atoms with Crippen LogP contribution in [-0.2, 0) is 13.1 Å². The molecule has 0 spiro atoms. The van der Waals surface area contributed by atoms with Crippen molar-refractivity contribution in [3.05, 3.63) is 36.0 Å². The molecule has 0 saturated carbocycles. The molecule has 0 saturated heterocycles. The fourth-order valence-electron chi connectivity index (χ4n) is 2.38. The summed E-state index contributed by atoms with van der Waals surface area (Å²) in [5, 5.41) is 4.81. The maximum Gasteiger partial charge on any atom is 0.0483 e. The second-order valence-electron chi connectivity index (χ2n) is 4.69. The van der Waals surface area contributed by atoms with E-state index in [1.54, 1.807) is 0 Å². The highest BCUT2D eigenvalue weighted by atomic mass is 32.2. The lowest BCUT2D eigenvalue weighted by Crippen LogP contribution is -2.11. The molecular formula is C16H24N2S. The van der Waals surface area contributed by atoms with E-state index in [2.05, 4.69) is 54.2 Å². The fraction of sp³-hybridized carbons (Fsp3) is 0.500. The number of thioether (sulfide) groups is 1. The summed E-state index contributed by atoms with van der Waals surface area (Å²) in [6.45, 7) is 7.48. The van der Waals surface area contributed by atoms with Crippen molar-refractivity contribution in [1.29, 1.82) is 0 Å². The van der Waals surface area contributed by atoms with Crippen molar-refractivity contribution in [3.8, 4) is 0 Å². The molecular weight excluding hydrogens is 252 g/mol. The normalized spacial score (nSPS) is 11.3. The van der Waals surface area contributed by atoms with Gasteiger partial charge in [-0.05, 0) is 42.2 Å². The number of aromatic nitrogens is 1. The van der Waals surface area contributed by atoms with Crippen LogP contribution >= 0.6 is 11.8 Å². The molecule has 2 aromatic rings. The molecule has 0 amide bonds. The summed E-state index contributed by atoms with van der Waals surface area (Å²) in [5.74, 6) is 2.48. The van der Waals surface area contributed by atoms with Crippen molar-refractivity contribution in [3.63, 3.8) is 0 Å². The maximum absolute atomic E-state index is 3.41. The zero-order valence-corrected chi connectivity index (χ0v) is 12.8. The van der Waals surface area contributed by atoms with Crippen molar-refractivity contribution in [1.82, 2.24) is 9.88 Å². The second kappa shape index (κ2) is 7.61. The quantitative estimate of drug-likeness (QED) is 0.737. The number of hydrogen-bond acceptors (Lipinski definition) is 2. The largest absolute Gasteiger partial charge is 0.347 e. The molecule has 0 aliphatic rings. The lowest BCUT2D eigenvalue weighted by Gasteiger charge is -2.07. The number of rotatable bonds is 8. The van der Waals surface area contributed by atoms with Crippen molar-refractivity contribution in [2.45, 2.75) is 33.4 Å². The minimum atomic E-state index is 0.962. The summed E-state index contributed by atoms with van der Waals surface area (Å²) in [7, 11) is 0. The van der Waals surface area contributed by atoms with Gasteiger partial charge in [-0.15, -0.1) is 0 Å². The number of aryl methyl sites for hydroxylation is 1. The Morgan fingerprint density at radius 3 is 2.89 bits per heavy atom. The van der Waals surface area contributed by atoms with Crippen LogP contribution < -0.4 is 5.32 Å². The van der Waals surface area contributed by atoms with Gasteiger partial charge >= 0.3 is 0 Å². The van der Waals surface area contributed by atoms with Crippen LogP contribution in [0.1, 0.15) is 25.8 Å². The van der Waals surface area contributed by atoms with E-state index in [1.165, 1.54) is 34.4 Å². The maximum atomic E-state index is 3.41. The third-order valence-electron chi connectivity index (χ3n) is 3.36. The number of nitrogens with zero attached hydrogens (tertiary/aromatic N) is 1. The number of fused-ring (bicyclic) bond motifs is 1. The average Bonchev–Trinajstić information content (AvgIpc) is 2.85. The first-order valence-electron chi connectivity index (χ1n) is 7.22. The smallest absolute Gasteiger partial charge is 0.0483 e. The van der Waals surface area contributed by atoms with Gasteiger partial charge in [0, 0.05) is 30.2 Å². The highest BCUT2D eigenvalue weighted by molar-refractivity contribution is 7.99. The van der Waals surface area contributed by atoms with Crippen LogP contribution in [0.3, 0.4) is 0 Å². The Morgan fingerprint density at radius 2 is 2.11 bits per heavy atom. The number of nitrogens with one attached hydrogen (secondary N) is 1. The molecule has 1 heterocycles. The van der Waals surface area contributed by atoms with Gasteiger partial charge in [-0.1, -0.05) is 26.0 Å².